The van der Waals surface area contributed by atoms with Crippen LogP contribution >= 0.6 is 0 Å². The predicted molar refractivity (Wildman–Crippen MR) is 118 cm³/mol. The van der Waals surface area contributed by atoms with Crippen molar-refractivity contribution in [3.05, 3.63) is 84.9 Å². The normalized spacial score (nSPS) is 12.3. The molecule has 7 aromatic rings. The van der Waals surface area contributed by atoms with Gasteiger partial charge in [-0.1, -0.05) is 54.6 Å². The molecule has 0 amide bonds. The van der Waals surface area contributed by atoms with Crippen molar-refractivity contribution in [1.29, 1.82) is 0 Å². The minimum Gasteiger partial charge on any atom is -0.455 e. The molecule has 0 unspecified atom stereocenters. The lowest BCUT2D eigenvalue weighted by Gasteiger charge is -1.98. The van der Waals surface area contributed by atoms with E-state index in [0.717, 1.165) is 33.0 Å². The first-order valence-corrected chi connectivity index (χ1v) is 9.54. The Hall–Kier alpha value is -3.78. The van der Waals surface area contributed by atoms with Crippen LogP contribution in [-0.2, 0) is 0 Å². The summed E-state index contributed by atoms with van der Waals surface area (Å²) in [7, 11) is 0. The fraction of sp³-hybridized carbons (Fsp3) is 0. The Morgan fingerprint density at radius 1 is 0.571 bits per heavy atom. The number of nitrogens with one attached hydrogen (secondary N) is 1. The monoisotopic (exact) mass is 357 g/mol. The third-order valence-electron chi connectivity index (χ3n) is 5.96. The molecule has 0 saturated heterocycles. The summed E-state index contributed by atoms with van der Waals surface area (Å²) in [5.74, 6) is 0. The maximum absolute atomic E-state index is 6.33. The lowest BCUT2D eigenvalue weighted by atomic mass is 10.0. The second-order valence-electron chi connectivity index (χ2n) is 7.50. The van der Waals surface area contributed by atoms with Gasteiger partial charge in [-0.2, -0.15) is 0 Å². The second kappa shape index (κ2) is 4.93. The highest BCUT2D eigenvalue weighted by Crippen LogP contribution is 2.40. The van der Waals surface area contributed by atoms with Gasteiger partial charge in [0.05, 0.1) is 10.9 Å². The van der Waals surface area contributed by atoms with Crippen LogP contribution in [-0.4, -0.2) is 4.98 Å². The van der Waals surface area contributed by atoms with E-state index < -0.39 is 0 Å². The van der Waals surface area contributed by atoms with Crippen molar-refractivity contribution >= 4 is 65.3 Å². The minimum absolute atomic E-state index is 0.926. The molecule has 0 radical (unpaired) electrons. The van der Waals surface area contributed by atoms with E-state index in [2.05, 4.69) is 89.9 Å². The van der Waals surface area contributed by atoms with E-state index in [1.165, 1.54) is 32.3 Å². The van der Waals surface area contributed by atoms with Crippen molar-refractivity contribution in [3.63, 3.8) is 0 Å². The number of aromatic amines is 1. The molecule has 2 aromatic heterocycles. The quantitative estimate of drug-likeness (QED) is 0.299. The Labute approximate surface area is 160 Å². The van der Waals surface area contributed by atoms with E-state index in [4.69, 9.17) is 4.42 Å². The Balaban J connectivity index is 1.71. The topological polar surface area (TPSA) is 28.9 Å². The first kappa shape index (κ1) is 14.3. The van der Waals surface area contributed by atoms with Gasteiger partial charge in [0.25, 0.3) is 0 Å². The summed E-state index contributed by atoms with van der Waals surface area (Å²) in [5.41, 5.74) is 4.20. The zero-order chi connectivity index (χ0) is 18.2. The fourth-order valence-corrected chi connectivity index (χ4v) is 4.65. The molecule has 0 aliphatic carbocycles. The molecule has 0 aliphatic rings. The molecule has 1 N–H and O–H groups in total. The number of H-pyrrole nitrogens is 1. The summed E-state index contributed by atoms with van der Waals surface area (Å²) in [4.78, 5) is 3.68. The smallest absolute Gasteiger partial charge is 0.143 e. The molecule has 130 valence electrons. The molecule has 2 nitrogen and oxygen atoms in total. The van der Waals surface area contributed by atoms with Crippen LogP contribution in [0.15, 0.2) is 89.3 Å². The molecule has 7 rings (SSSR count). The van der Waals surface area contributed by atoms with E-state index >= 15 is 0 Å². The van der Waals surface area contributed by atoms with Gasteiger partial charge in [0, 0.05) is 27.1 Å². The first-order valence-electron chi connectivity index (χ1n) is 9.54. The van der Waals surface area contributed by atoms with Crippen LogP contribution < -0.4 is 0 Å². The van der Waals surface area contributed by atoms with Crippen molar-refractivity contribution in [1.82, 2.24) is 4.98 Å². The van der Waals surface area contributed by atoms with Gasteiger partial charge < -0.3 is 9.40 Å². The molecule has 28 heavy (non-hydrogen) atoms. The number of hydrogen-bond acceptors (Lipinski definition) is 1. The molecule has 0 aliphatic heterocycles. The van der Waals surface area contributed by atoms with Crippen LogP contribution in [0.5, 0.6) is 0 Å². The highest BCUT2D eigenvalue weighted by molar-refractivity contribution is 6.26. The van der Waals surface area contributed by atoms with Gasteiger partial charge >= 0.3 is 0 Å². The third-order valence-corrected chi connectivity index (χ3v) is 5.96. The Morgan fingerprint density at radius 3 is 2.21 bits per heavy atom. The van der Waals surface area contributed by atoms with Crippen LogP contribution in [0.4, 0.5) is 0 Å². The summed E-state index contributed by atoms with van der Waals surface area (Å²) < 4.78 is 6.33. The van der Waals surface area contributed by atoms with E-state index in [1.54, 1.807) is 0 Å². The van der Waals surface area contributed by atoms with Crippen LogP contribution in [0.2, 0.25) is 0 Å². The summed E-state index contributed by atoms with van der Waals surface area (Å²) in [6, 6.07) is 30.1. The van der Waals surface area contributed by atoms with Crippen molar-refractivity contribution in [2.45, 2.75) is 0 Å². The zero-order valence-corrected chi connectivity index (χ0v) is 15.0. The van der Waals surface area contributed by atoms with E-state index in [0.29, 0.717) is 0 Å². The highest BCUT2D eigenvalue weighted by Gasteiger charge is 2.15. The van der Waals surface area contributed by atoms with Gasteiger partial charge in [0.1, 0.15) is 11.2 Å². The molecule has 0 bridgehead atoms. The van der Waals surface area contributed by atoms with E-state index in [1.807, 2.05) is 0 Å². The predicted octanol–water partition coefficient (Wildman–Crippen LogP) is 7.53. The molecule has 0 spiro atoms. The highest BCUT2D eigenvalue weighted by atomic mass is 16.3. The fourth-order valence-electron chi connectivity index (χ4n) is 4.65. The van der Waals surface area contributed by atoms with Crippen molar-refractivity contribution in [3.8, 4) is 0 Å². The molecule has 0 fully saturated rings. The maximum Gasteiger partial charge on any atom is 0.143 e. The number of hydrogen-bond donors (Lipinski definition) is 1. The summed E-state index contributed by atoms with van der Waals surface area (Å²) in [5, 5.41) is 9.70. The summed E-state index contributed by atoms with van der Waals surface area (Å²) in [6.07, 6.45) is 0. The largest absolute Gasteiger partial charge is 0.455 e. The van der Waals surface area contributed by atoms with E-state index in [9.17, 15) is 0 Å². The molecule has 0 saturated carbocycles. The van der Waals surface area contributed by atoms with Crippen molar-refractivity contribution in [2.75, 3.05) is 0 Å². The van der Waals surface area contributed by atoms with Crippen LogP contribution in [0.25, 0.3) is 65.3 Å². The second-order valence-corrected chi connectivity index (χ2v) is 7.50. The Morgan fingerprint density at radius 2 is 1.32 bits per heavy atom. The summed E-state index contributed by atoms with van der Waals surface area (Å²) in [6.45, 7) is 0. The lowest BCUT2D eigenvalue weighted by Crippen LogP contribution is -1.74. The van der Waals surface area contributed by atoms with Gasteiger partial charge in [0.15, 0.2) is 0 Å². The Bertz CT molecular complexity index is 1720. The number of fused-ring (bicyclic) bond motifs is 10. The Kier molecular flexibility index (Phi) is 2.52. The standard InChI is InChI=1S/C26H15NO/c1-2-7-17-14-22-21(13-16(17)6-1)19-11-12-23-24(25(19)27-22)20-10-9-15-5-3-4-8-18(15)26(20)28-23/h1-14,27H. The number of benzene rings is 5. The SMILES string of the molecule is c1ccc2cc3c(cc2c1)[nH]c1c3ccc2oc3c4ccccc4ccc3c21. The number of rotatable bonds is 0. The average Bonchev–Trinajstić information content (AvgIpc) is 3.29. The van der Waals surface area contributed by atoms with Gasteiger partial charge in [-0.25, -0.2) is 0 Å². The lowest BCUT2D eigenvalue weighted by molar-refractivity contribution is 0.673. The average molecular weight is 357 g/mol. The maximum atomic E-state index is 6.33. The van der Waals surface area contributed by atoms with Crippen molar-refractivity contribution < 1.29 is 4.42 Å². The first-order chi connectivity index (χ1) is 13.9. The molecule has 5 aromatic carbocycles. The molecular formula is C26H15NO. The molecule has 2 heterocycles. The van der Waals surface area contributed by atoms with Crippen molar-refractivity contribution in [2.24, 2.45) is 0 Å². The van der Waals surface area contributed by atoms with E-state index in [-0.39, 0.29) is 0 Å². The zero-order valence-electron chi connectivity index (χ0n) is 15.0. The summed E-state index contributed by atoms with van der Waals surface area (Å²) >= 11 is 0. The molecule has 0 atom stereocenters. The van der Waals surface area contributed by atoms with Gasteiger partial charge in [-0.05, 0) is 46.5 Å². The minimum atomic E-state index is 0.926. The molecule has 2 heteroatoms. The van der Waals surface area contributed by atoms with Gasteiger partial charge in [-0.3, -0.25) is 0 Å². The van der Waals surface area contributed by atoms with Gasteiger partial charge in [0.2, 0.25) is 0 Å². The van der Waals surface area contributed by atoms with Crippen LogP contribution in [0.1, 0.15) is 0 Å². The van der Waals surface area contributed by atoms with Crippen LogP contribution in [0.3, 0.4) is 0 Å². The van der Waals surface area contributed by atoms with Crippen LogP contribution in [0, 0.1) is 0 Å². The number of furan rings is 1. The third kappa shape index (κ3) is 1.72. The van der Waals surface area contributed by atoms with Gasteiger partial charge in [-0.15, -0.1) is 0 Å². The molecular weight excluding hydrogens is 342 g/mol. The number of aromatic nitrogens is 1.